The summed E-state index contributed by atoms with van der Waals surface area (Å²) in [6.45, 7) is 2.65. The number of nitrogens with one attached hydrogen (secondary N) is 3. The molecule has 0 radical (unpaired) electrons. The van der Waals surface area contributed by atoms with E-state index < -0.39 is 10.0 Å². The third kappa shape index (κ3) is 3.05. The zero-order chi connectivity index (χ0) is 14.2. The summed E-state index contributed by atoms with van der Waals surface area (Å²) < 4.78 is 27.8. The molecule has 2 aliphatic rings. The van der Waals surface area contributed by atoms with E-state index in [9.17, 15) is 8.42 Å². The van der Waals surface area contributed by atoms with Gasteiger partial charge in [0.05, 0.1) is 6.20 Å². The van der Waals surface area contributed by atoms with Gasteiger partial charge in [-0.05, 0) is 31.6 Å². The van der Waals surface area contributed by atoms with Gasteiger partial charge in [0.2, 0.25) is 0 Å². The first-order valence-corrected chi connectivity index (χ1v) is 8.82. The van der Waals surface area contributed by atoms with E-state index >= 15 is 0 Å². The summed E-state index contributed by atoms with van der Waals surface area (Å²) in [5.74, 6) is 0.403. The molecule has 3 rings (SSSR count). The van der Waals surface area contributed by atoms with Gasteiger partial charge in [0.25, 0.3) is 10.0 Å². The maximum absolute atomic E-state index is 12.5. The second-order valence-corrected chi connectivity index (χ2v) is 7.67. The van der Waals surface area contributed by atoms with E-state index in [1.54, 1.807) is 6.20 Å². The Morgan fingerprint density at radius 1 is 1.35 bits per heavy atom. The van der Waals surface area contributed by atoms with E-state index in [4.69, 9.17) is 0 Å². The van der Waals surface area contributed by atoms with Crippen molar-refractivity contribution in [3.8, 4) is 0 Å². The van der Waals surface area contributed by atoms with Crippen molar-refractivity contribution in [2.75, 3.05) is 0 Å². The number of H-pyrrole nitrogens is 1. The van der Waals surface area contributed by atoms with Gasteiger partial charge in [-0.2, -0.15) is 5.10 Å². The van der Waals surface area contributed by atoms with Gasteiger partial charge in [-0.25, -0.2) is 13.1 Å². The smallest absolute Gasteiger partial charge is 0.258 e. The molecular formula is C13H22N4O2S. The molecule has 1 aromatic heterocycles. The number of aromatic nitrogens is 2. The van der Waals surface area contributed by atoms with E-state index in [0.717, 1.165) is 24.8 Å². The van der Waals surface area contributed by atoms with Gasteiger partial charge >= 0.3 is 0 Å². The van der Waals surface area contributed by atoms with Gasteiger partial charge in [0, 0.05) is 24.2 Å². The van der Waals surface area contributed by atoms with Crippen LogP contribution in [0.2, 0.25) is 0 Å². The van der Waals surface area contributed by atoms with Crippen LogP contribution in [0.4, 0.5) is 0 Å². The van der Waals surface area contributed by atoms with Crippen LogP contribution in [0.15, 0.2) is 11.2 Å². The number of nitrogens with zero attached hydrogens (tertiary/aromatic N) is 1. The molecule has 0 aliphatic heterocycles. The first-order chi connectivity index (χ1) is 9.56. The van der Waals surface area contributed by atoms with Gasteiger partial charge in [-0.1, -0.05) is 13.3 Å². The van der Waals surface area contributed by atoms with E-state index in [2.05, 4.69) is 27.2 Å². The lowest BCUT2D eigenvalue weighted by molar-refractivity contribution is 0.474. The van der Waals surface area contributed by atoms with Crippen molar-refractivity contribution in [2.24, 2.45) is 5.92 Å². The number of rotatable bonds is 6. The van der Waals surface area contributed by atoms with Gasteiger partial charge in [-0.15, -0.1) is 0 Å². The molecule has 6 nitrogen and oxygen atoms in total. The predicted molar refractivity (Wildman–Crippen MR) is 75.6 cm³/mol. The second-order valence-electron chi connectivity index (χ2n) is 6.02. The summed E-state index contributed by atoms with van der Waals surface area (Å²) in [5.41, 5.74) is 0.718. The summed E-state index contributed by atoms with van der Waals surface area (Å²) in [6, 6.07) is 0.593. The minimum absolute atomic E-state index is 0.0486. The highest BCUT2D eigenvalue weighted by atomic mass is 32.2. The van der Waals surface area contributed by atoms with Crippen LogP contribution in [0.1, 0.15) is 44.6 Å². The van der Waals surface area contributed by atoms with Gasteiger partial charge < -0.3 is 5.32 Å². The molecule has 0 aromatic carbocycles. The molecule has 2 atom stereocenters. The van der Waals surface area contributed by atoms with Gasteiger partial charge in [-0.3, -0.25) is 5.10 Å². The first-order valence-electron chi connectivity index (χ1n) is 7.34. The molecule has 0 bridgehead atoms. The molecule has 2 unspecified atom stereocenters. The monoisotopic (exact) mass is 298 g/mol. The van der Waals surface area contributed by atoms with Crippen LogP contribution >= 0.6 is 0 Å². The quantitative estimate of drug-likeness (QED) is 0.735. The Morgan fingerprint density at radius 2 is 2.15 bits per heavy atom. The average Bonchev–Trinajstić information content (AvgIpc) is 2.95. The molecule has 1 aromatic rings. The highest BCUT2D eigenvalue weighted by Crippen LogP contribution is 2.27. The fourth-order valence-electron chi connectivity index (χ4n) is 2.78. The van der Waals surface area contributed by atoms with Crippen LogP contribution < -0.4 is 10.0 Å². The first kappa shape index (κ1) is 14.0. The van der Waals surface area contributed by atoms with Crippen molar-refractivity contribution >= 4 is 10.0 Å². The van der Waals surface area contributed by atoms with Crippen molar-refractivity contribution in [3.63, 3.8) is 0 Å². The molecular weight excluding hydrogens is 276 g/mol. The number of hydrogen-bond donors (Lipinski definition) is 3. The lowest BCUT2D eigenvalue weighted by Crippen LogP contribution is -2.37. The molecule has 112 valence electrons. The lowest BCUT2D eigenvalue weighted by Gasteiger charge is -2.17. The van der Waals surface area contributed by atoms with Gasteiger partial charge in [0.1, 0.15) is 0 Å². The second kappa shape index (κ2) is 5.46. The van der Waals surface area contributed by atoms with E-state index in [1.807, 2.05) is 0 Å². The summed E-state index contributed by atoms with van der Waals surface area (Å²) in [6.07, 6.45) is 7.06. The van der Waals surface area contributed by atoms with E-state index in [1.165, 1.54) is 12.8 Å². The van der Waals surface area contributed by atoms with Gasteiger partial charge in [0.15, 0.2) is 5.03 Å². The van der Waals surface area contributed by atoms with Crippen molar-refractivity contribution in [2.45, 2.75) is 62.7 Å². The van der Waals surface area contributed by atoms with E-state index in [0.29, 0.717) is 18.5 Å². The van der Waals surface area contributed by atoms with Crippen LogP contribution in [-0.2, 0) is 16.6 Å². The third-order valence-electron chi connectivity index (χ3n) is 4.27. The third-order valence-corrected chi connectivity index (χ3v) is 5.78. The highest BCUT2D eigenvalue weighted by molar-refractivity contribution is 7.89. The molecule has 0 saturated heterocycles. The molecule has 0 amide bonds. The van der Waals surface area contributed by atoms with Crippen molar-refractivity contribution in [3.05, 3.63) is 11.8 Å². The Balaban J connectivity index is 1.71. The topological polar surface area (TPSA) is 86.9 Å². The molecule has 2 fully saturated rings. The summed E-state index contributed by atoms with van der Waals surface area (Å²) in [7, 11) is -3.50. The van der Waals surface area contributed by atoms with Crippen LogP contribution in [0.5, 0.6) is 0 Å². The molecule has 2 aliphatic carbocycles. The van der Waals surface area contributed by atoms with Crippen LogP contribution in [0.3, 0.4) is 0 Å². The molecule has 2 saturated carbocycles. The predicted octanol–water partition coefficient (Wildman–Crippen LogP) is 1.13. The van der Waals surface area contributed by atoms with Crippen LogP contribution in [-0.4, -0.2) is 30.7 Å². The van der Waals surface area contributed by atoms with E-state index in [-0.39, 0.29) is 11.1 Å². The van der Waals surface area contributed by atoms with Crippen LogP contribution in [0.25, 0.3) is 0 Å². The highest BCUT2D eigenvalue weighted by Gasteiger charge is 2.30. The Hall–Kier alpha value is -0.920. The number of sulfonamides is 1. The largest absolute Gasteiger partial charge is 0.310 e. The average molecular weight is 298 g/mol. The minimum Gasteiger partial charge on any atom is -0.310 e. The maximum atomic E-state index is 12.5. The Labute approximate surface area is 119 Å². The zero-order valence-electron chi connectivity index (χ0n) is 11.7. The molecule has 3 N–H and O–H groups in total. The SMILES string of the molecule is CC1CCCC1NS(=O)(=O)c1[nH]ncc1CNC1CC1. The minimum atomic E-state index is -3.50. The number of aromatic amines is 1. The molecule has 7 heteroatoms. The van der Waals surface area contributed by atoms with Crippen LogP contribution in [0, 0.1) is 5.92 Å². The summed E-state index contributed by atoms with van der Waals surface area (Å²) >= 11 is 0. The zero-order valence-corrected chi connectivity index (χ0v) is 12.5. The standard InChI is InChI=1S/C13H22N4O2S/c1-9-3-2-4-12(9)17-20(18,19)13-10(8-15-16-13)7-14-11-5-6-11/h8-9,11-12,14,17H,2-7H2,1H3,(H,15,16). The fraction of sp³-hybridized carbons (Fsp3) is 0.769. The van der Waals surface area contributed by atoms with Crippen molar-refractivity contribution in [1.29, 1.82) is 0 Å². The van der Waals surface area contributed by atoms with Crippen molar-refractivity contribution in [1.82, 2.24) is 20.2 Å². The molecule has 20 heavy (non-hydrogen) atoms. The Morgan fingerprint density at radius 3 is 2.80 bits per heavy atom. The maximum Gasteiger partial charge on any atom is 0.258 e. The number of hydrogen-bond acceptors (Lipinski definition) is 4. The normalized spacial score (nSPS) is 27.1. The molecule has 0 spiro atoms. The Kier molecular flexibility index (Phi) is 3.83. The van der Waals surface area contributed by atoms with Crippen molar-refractivity contribution < 1.29 is 8.42 Å². The summed E-state index contributed by atoms with van der Waals surface area (Å²) in [5, 5.41) is 10.1. The fourth-order valence-corrected chi connectivity index (χ4v) is 4.29. The summed E-state index contributed by atoms with van der Waals surface area (Å²) in [4.78, 5) is 0. The molecule has 1 heterocycles. The lowest BCUT2D eigenvalue weighted by atomic mass is 10.1. The Bertz CT molecular complexity index is 565.